The van der Waals surface area contributed by atoms with Crippen LogP contribution in [0.25, 0.3) is 0 Å². The lowest BCUT2D eigenvalue weighted by molar-refractivity contribution is 0.0704. The second-order valence-corrected chi connectivity index (χ2v) is 5.00. The zero-order valence-corrected chi connectivity index (χ0v) is 12.4. The van der Waals surface area contributed by atoms with Crippen molar-refractivity contribution in [2.75, 3.05) is 0 Å². The number of hydrogen-bond donors (Lipinski definition) is 2. The van der Waals surface area contributed by atoms with Crippen LogP contribution in [0.3, 0.4) is 0 Å². The van der Waals surface area contributed by atoms with Crippen molar-refractivity contribution in [1.82, 2.24) is 10.0 Å². The minimum atomic E-state index is -0.844. The van der Waals surface area contributed by atoms with Crippen LogP contribution in [0.2, 0.25) is 0 Å². The van der Waals surface area contributed by atoms with Crippen LogP contribution in [-0.2, 0) is 13.0 Å². The molecule has 2 N–H and O–H groups in total. The number of halogens is 1. The summed E-state index contributed by atoms with van der Waals surface area (Å²) in [7, 11) is 0. The molecule has 0 spiro atoms. The molecule has 116 valence electrons. The molecule has 1 amide bonds. The van der Waals surface area contributed by atoms with E-state index in [0.717, 1.165) is 16.8 Å². The number of carbonyl (C=O) groups is 1. The lowest BCUT2D eigenvalue weighted by Crippen LogP contribution is -2.34. The van der Waals surface area contributed by atoms with Gasteiger partial charge in [0.2, 0.25) is 0 Å². The lowest BCUT2D eigenvalue weighted by atomic mass is 10.1. The standard InChI is InChI=1S/C16H17FN2O3/c1-3-14-10(2)8-13(15(20)18-22)16(21)19(14)9-11-4-6-12(17)7-5-11/h4-8,22H,3,9H2,1-2H3,(H,18,20). The molecule has 5 nitrogen and oxygen atoms in total. The minimum absolute atomic E-state index is 0.126. The van der Waals surface area contributed by atoms with Gasteiger partial charge in [-0.1, -0.05) is 19.1 Å². The molecule has 0 aliphatic carbocycles. The molecule has 0 unspecified atom stereocenters. The Morgan fingerprint density at radius 2 is 1.95 bits per heavy atom. The summed E-state index contributed by atoms with van der Waals surface area (Å²) in [6.07, 6.45) is 0.614. The van der Waals surface area contributed by atoms with Gasteiger partial charge in [0.05, 0.1) is 6.54 Å². The van der Waals surface area contributed by atoms with E-state index in [-0.39, 0.29) is 17.9 Å². The van der Waals surface area contributed by atoms with Crippen molar-refractivity contribution in [1.29, 1.82) is 0 Å². The van der Waals surface area contributed by atoms with Crippen LogP contribution in [0.4, 0.5) is 4.39 Å². The number of benzene rings is 1. The third-order valence-electron chi connectivity index (χ3n) is 3.55. The molecular formula is C16H17FN2O3. The van der Waals surface area contributed by atoms with Crippen LogP contribution in [0.1, 0.15) is 34.1 Å². The Hall–Kier alpha value is -2.47. The Morgan fingerprint density at radius 3 is 2.50 bits per heavy atom. The van der Waals surface area contributed by atoms with Crippen LogP contribution in [-0.4, -0.2) is 15.7 Å². The molecule has 22 heavy (non-hydrogen) atoms. The maximum Gasteiger partial charge on any atom is 0.280 e. The van der Waals surface area contributed by atoms with Crippen molar-refractivity contribution >= 4 is 5.91 Å². The molecule has 1 heterocycles. The number of nitrogens with zero attached hydrogens (tertiary/aromatic N) is 1. The second-order valence-electron chi connectivity index (χ2n) is 5.00. The Bertz CT molecular complexity index is 751. The molecule has 0 fully saturated rings. The van der Waals surface area contributed by atoms with E-state index in [2.05, 4.69) is 0 Å². The SMILES string of the molecule is CCc1c(C)cc(C(=O)NO)c(=O)n1Cc1ccc(F)cc1. The van der Waals surface area contributed by atoms with Crippen LogP contribution < -0.4 is 11.0 Å². The molecule has 2 aromatic rings. The zero-order chi connectivity index (χ0) is 16.3. The van der Waals surface area contributed by atoms with E-state index < -0.39 is 11.5 Å². The average molecular weight is 304 g/mol. The smallest absolute Gasteiger partial charge is 0.280 e. The van der Waals surface area contributed by atoms with E-state index in [9.17, 15) is 14.0 Å². The van der Waals surface area contributed by atoms with Crippen LogP contribution >= 0.6 is 0 Å². The predicted molar refractivity (Wildman–Crippen MR) is 79.6 cm³/mol. The molecule has 1 aromatic heterocycles. The predicted octanol–water partition coefficient (Wildman–Crippen LogP) is 2.03. The first-order valence-electron chi connectivity index (χ1n) is 6.90. The molecule has 6 heteroatoms. The summed E-state index contributed by atoms with van der Waals surface area (Å²) in [6, 6.07) is 7.30. The van der Waals surface area contributed by atoms with Crippen molar-refractivity contribution in [3.63, 3.8) is 0 Å². The highest BCUT2D eigenvalue weighted by atomic mass is 19.1. The molecule has 0 radical (unpaired) electrons. The quantitative estimate of drug-likeness (QED) is 0.670. The summed E-state index contributed by atoms with van der Waals surface area (Å²) < 4.78 is 14.5. The van der Waals surface area contributed by atoms with E-state index in [1.807, 2.05) is 6.92 Å². The van der Waals surface area contributed by atoms with Crippen molar-refractivity contribution in [3.8, 4) is 0 Å². The van der Waals surface area contributed by atoms with Gasteiger partial charge in [0.1, 0.15) is 11.4 Å². The Kier molecular flexibility index (Phi) is 4.72. The van der Waals surface area contributed by atoms with E-state index in [4.69, 9.17) is 5.21 Å². The summed E-state index contributed by atoms with van der Waals surface area (Å²) in [5.41, 5.74) is 3.19. The molecule has 0 saturated heterocycles. The Morgan fingerprint density at radius 1 is 1.32 bits per heavy atom. The highest BCUT2D eigenvalue weighted by Crippen LogP contribution is 2.12. The third kappa shape index (κ3) is 3.07. The number of rotatable bonds is 4. The maximum atomic E-state index is 13.0. The van der Waals surface area contributed by atoms with Crippen molar-refractivity contribution in [2.24, 2.45) is 0 Å². The number of hydroxylamine groups is 1. The number of carbonyl (C=O) groups excluding carboxylic acids is 1. The fourth-order valence-electron chi connectivity index (χ4n) is 2.47. The summed E-state index contributed by atoms with van der Waals surface area (Å²) in [5, 5.41) is 8.75. The van der Waals surface area contributed by atoms with Crippen LogP contribution in [0.15, 0.2) is 35.1 Å². The van der Waals surface area contributed by atoms with Gasteiger partial charge in [0.15, 0.2) is 0 Å². The zero-order valence-electron chi connectivity index (χ0n) is 12.4. The van der Waals surface area contributed by atoms with Crippen molar-refractivity contribution in [3.05, 3.63) is 68.9 Å². The first-order valence-corrected chi connectivity index (χ1v) is 6.90. The van der Waals surface area contributed by atoms with Gasteiger partial charge in [0.25, 0.3) is 11.5 Å². The molecule has 0 saturated carbocycles. The molecule has 0 bridgehead atoms. The van der Waals surface area contributed by atoms with Gasteiger partial charge >= 0.3 is 0 Å². The molecule has 1 aromatic carbocycles. The lowest BCUT2D eigenvalue weighted by Gasteiger charge is -2.16. The van der Waals surface area contributed by atoms with Gasteiger partial charge < -0.3 is 4.57 Å². The number of aromatic nitrogens is 1. The van der Waals surface area contributed by atoms with Gasteiger partial charge in [-0.2, -0.15) is 0 Å². The van der Waals surface area contributed by atoms with Crippen LogP contribution in [0, 0.1) is 12.7 Å². The van der Waals surface area contributed by atoms with Gasteiger partial charge in [-0.15, -0.1) is 0 Å². The third-order valence-corrected chi connectivity index (χ3v) is 3.55. The second kappa shape index (κ2) is 6.53. The minimum Gasteiger partial charge on any atom is -0.307 e. The first-order chi connectivity index (χ1) is 10.5. The average Bonchev–Trinajstić information content (AvgIpc) is 2.52. The highest BCUT2D eigenvalue weighted by Gasteiger charge is 2.16. The normalized spacial score (nSPS) is 10.5. The Labute approximate surface area is 127 Å². The van der Waals surface area contributed by atoms with Gasteiger partial charge in [-0.25, -0.2) is 9.87 Å². The number of nitrogens with one attached hydrogen (secondary N) is 1. The van der Waals surface area contributed by atoms with Crippen molar-refractivity contribution < 1.29 is 14.4 Å². The first kappa shape index (κ1) is 15.9. The number of aryl methyl sites for hydroxylation is 1. The topological polar surface area (TPSA) is 71.3 Å². The summed E-state index contributed by atoms with van der Waals surface area (Å²) in [6.45, 7) is 3.94. The van der Waals surface area contributed by atoms with Gasteiger partial charge in [0, 0.05) is 5.69 Å². The summed E-state index contributed by atoms with van der Waals surface area (Å²) >= 11 is 0. The summed E-state index contributed by atoms with van der Waals surface area (Å²) in [4.78, 5) is 24.1. The molecule has 0 aliphatic heterocycles. The fourth-order valence-corrected chi connectivity index (χ4v) is 2.47. The fraction of sp³-hybridized carbons (Fsp3) is 0.250. The van der Waals surface area contributed by atoms with Crippen molar-refractivity contribution in [2.45, 2.75) is 26.8 Å². The van der Waals surface area contributed by atoms with E-state index in [1.54, 1.807) is 19.1 Å². The largest absolute Gasteiger partial charge is 0.307 e. The Balaban J connectivity index is 2.57. The van der Waals surface area contributed by atoms with E-state index in [0.29, 0.717) is 6.42 Å². The monoisotopic (exact) mass is 304 g/mol. The van der Waals surface area contributed by atoms with Gasteiger partial charge in [-0.05, 0) is 42.7 Å². The maximum absolute atomic E-state index is 13.0. The molecule has 2 rings (SSSR count). The molecular weight excluding hydrogens is 287 g/mol. The van der Waals surface area contributed by atoms with E-state index >= 15 is 0 Å². The highest BCUT2D eigenvalue weighted by molar-refractivity contribution is 5.93. The summed E-state index contributed by atoms with van der Waals surface area (Å²) in [5.74, 6) is -1.19. The number of pyridine rings is 1. The molecule has 0 atom stereocenters. The number of amides is 1. The van der Waals surface area contributed by atoms with Crippen LogP contribution in [0.5, 0.6) is 0 Å². The number of hydrogen-bond acceptors (Lipinski definition) is 3. The van der Waals surface area contributed by atoms with Gasteiger partial charge in [-0.3, -0.25) is 14.8 Å². The van der Waals surface area contributed by atoms with E-state index in [1.165, 1.54) is 28.2 Å². The molecule has 0 aliphatic rings.